The number of amides is 3. The summed E-state index contributed by atoms with van der Waals surface area (Å²) >= 11 is 1.46. The Balaban J connectivity index is 1.56. The molecule has 284 valence electrons. The van der Waals surface area contributed by atoms with Gasteiger partial charge in [0.1, 0.15) is 17.9 Å². The van der Waals surface area contributed by atoms with Crippen LogP contribution in [0.15, 0.2) is 60.0 Å². The van der Waals surface area contributed by atoms with Crippen molar-refractivity contribution in [3.8, 4) is 0 Å². The third-order valence-electron chi connectivity index (χ3n) is 9.09. The van der Waals surface area contributed by atoms with Gasteiger partial charge < -0.3 is 20.8 Å². The molecule has 0 spiro atoms. The molecular formula is C39H55FN6O5S. The van der Waals surface area contributed by atoms with Gasteiger partial charge in [0.05, 0.1) is 29.4 Å². The zero-order valence-electron chi connectivity index (χ0n) is 31.4. The summed E-state index contributed by atoms with van der Waals surface area (Å²) in [6, 6.07) is 13.4. The Labute approximate surface area is 311 Å². The minimum Gasteiger partial charge on any atom is -0.465 e. The maximum absolute atomic E-state index is 14.1. The van der Waals surface area contributed by atoms with E-state index in [0.717, 1.165) is 21.0 Å². The molecule has 1 saturated heterocycles. The molecule has 4 atom stereocenters. The van der Waals surface area contributed by atoms with Crippen LogP contribution in [0.5, 0.6) is 0 Å². The third kappa shape index (κ3) is 11.8. The SMILES string of the molecule is CC(C)c1nc(CN(C(=O)O)[C@H](C(=O)N[C@@H](Cc2ccccc2)[C@H](O)CN2CCN(Cc3ccc(F)cc3)C[C@H]2C(=O)NC(C)(C)C)C(C)C)cs1. The number of benzene rings is 2. The summed E-state index contributed by atoms with van der Waals surface area (Å²) in [4.78, 5) is 50.3. The number of carbonyl (C=O) groups is 3. The summed E-state index contributed by atoms with van der Waals surface area (Å²) in [5, 5.41) is 31.1. The number of aliphatic hydroxyl groups is 1. The van der Waals surface area contributed by atoms with Crippen molar-refractivity contribution in [2.24, 2.45) is 5.92 Å². The molecule has 1 aliphatic rings. The van der Waals surface area contributed by atoms with Gasteiger partial charge >= 0.3 is 6.09 Å². The van der Waals surface area contributed by atoms with Crippen LogP contribution in [0.2, 0.25) is 0 Å². The Morgan fingerprint density at radius 2 is 1.69 bits per heavy atom. The highest BCUT2D eigenvalue weighted by molar-refractivity contribution is 7.09. The Morgan fingerprint density at radius 3 is 2.27 bits per heavy atom. The van der Waals surface area contributed by atoms with Crippen LogP contribution in [-0.2, 0) is 29.1 Å². The largest absolute Gasteiger partial charge is 0.465 e. The summed E-state index contributed by atoms with van der Waals surface area (Å²) in [5.74, 6) is -1.18. The number of nitrogens with one attached hydrogen (secondary N) is 2. The van der Waals surface area contributed by atoms with Crippen molar-refractivity contribution in [3.63, 3.8) is 0 Å². The van der Waals surface area contributed by atoms with Gasteiger partial charge in [-0.25, -0.2) is 14.2 Å². The van der Waals surface area contributed by atoms with Crippen molar-refractivity contribution in [2.45, 2.75) is 104 Å². The van der Waals surface area contributed by atoms with Crippen LogP contribution in [0.25, 0.3) is 0 Å². The fraction of sp³-hybridized carbons (Fsp3) is 0.538. The van der Waals surface area contributed by atoms with E-state index in [9.17, 15) is 29.0 Å². The van der Waals surface area contributed by atoms with Crippen LogP contribution in [0.3, 0.4) is 0 Å². The molecule has 4 rings (SSSR count). The predicted octanol–water partition coefficient (Wildman–Crippen LogP) is 5.10. The normalized spacial score (nSPS) is 17.5. The van der Waals surface area contributed by atoms with E-state index in [1.165, 1.54) is 23.5 Å². The first-order chi connectivity index (χ1) is 24.5. The second-order valence-electron chi connectivity index (χ2n) is 15.4. The van der Waals surface area contributed by atoms with Crippen molar-refractivity contribution in [2.75, 3.05) is 26.2 Å². The first-order valence-electron chi connectivity index (χ1n) is 18.0. The number of thiazole rings is 1. The summed E-state index contributed by atoms with van der Waals surface area (Å²) in [6.07, 6.45) is -2.05. The summed E-state index contributed by atoms with van der Waals surface area (Å²) < 4.78 is 13.6. The van der Waals surface area contributed by atoms with E-state index >= 15 is 0 Å². The van der Waals surface area contributed by atoms with Gasteiger partial charge in [-0.05, 0) is 56.4 Å². The summed E-state index contributed by atoms with van der Waals surface area (Å²) in [6.45, 7) is 15.4. The number of hydrogen-bond donors (Lipinski definition) is 4. The lowest BCUT2D eigenvalue weighted by atomic mass is 9.97. The second-order valence-corrected chi connectivity index (χ2v) is 16.3. The average molecular weight is 739 g/mol. The number of hydrogen-bond acceptors (Lipinski definition) is 8. The Morgan fingerprint density at radius 1 is 1.02 bits per heavy atom. The number of aromatic nitrogens is 1. The highest BCUT2D eigenvalue weighted by Crippen LogP contribution is 2.23. The van der Waals surface area contributed by atoms with Crippen LogP contribution >= 0.6 is 11.3 Å². The minimum absolute atomic E-state index is 0.0481. The molecule has 4 N–H and O–H groups in total. The number of carbonyl (C=O) groups excluding carboxylic acids is 2. The minimum atomic E-state index is -1.24. The maximum atomic E-state index is 14.1. The molecule has 3 aromatic rings. The van der Waals surface area contributed by atoms with Crippen molar-refractivity contribution in [1.29, 1.82) is 0 Å². The number of β-amino-alcohol motifs (C(OH)–C–C–N with tert-alkyl or cyclic N) is 1. The summed E-state index contributed by atoms with van der Waals surface area (Å²) in [5.41, 5.74) is 1.91. The van der Waals surface area contributed by atoms with E-state index in [2.05, 4.69) is 20.5 Å². The van der Waals surface area contributed by atoms with Crippen molar-refractivity contribution in [3.05, 3.63) is 87.6 Å². The molecule has 2 aromatic carbocycles. The topological polar surface area (TPSA) is 138 Å². The van der Waals surface area contributed by atoms with E-state index in [4.69, 9.17) is 0 Å². The molecule has 1 aromatic heterocycles. The number of piperazine rings is 1. The van der Waals surface area contributed by atoms with Crippen LogP contribution in [0.4, 0.5) is 9.18 Å². The second kappa shape index (κ2) is 18.2. The average Bonchev–Trinajstić information content (AvgIpc) is 3.54. The van der Waals surface area contributed by atoms with Gasteiger partial charge in [-0.1, -0.05) is 70.2 Å². The standard InChI is InChI=1S/C39H55FN6O5S/c1-25(2)34(46(38(50)51)21-30-24-52-37(41-30)26(3)4)36(49)42-31(19-27-11-9-8-10-12-27)33(47)23-45-18-17-44(20-28-13-15-29(40)16-14-28)22-32(45)35(48)43-39(5,6)7/h8-16,24-26,31-34,47H,17-23H2,1-7H3,(H,42,49)(H,43,48)(H,50,51)/t31-,32-,33+,34-/m0/s1. The van der Waals surface area contributed by atoms with Crippen molar-refractivity contribution >= 4 is 29.2 Å². The van der Waals surface area contributed by atoms with Crippen LogP contribution in [0.1, 0.15) is 76.2 Å². The maximum Gasteiger partial charge on any atom is 0.408 e. The lowest BCUT2D eigenvalue weighted by Crippen LogP contribution is -2.63. The number of aliphatic hydroxyl groups excluding tert-OH is 1. The molecule has 0 bridgehead atoms. The predicted molar refractivity (Wildman–Crippen MR) is 201 cm³/mol. The lowest BCUT2D eigenvalue weighted by molar-refractivity contribution is -0.133. The van der Waals surface area contributed by atoms with Gasteiger partial charge in [-0.3, -0.25) is 24.3 Å². The van der Waals surface area contributed by atoms with Crippen LogP contribution in [0, 0.1) is 11.7 Å². The van der Waals surface area contributed by atoms with E-state index < -0.39 is 41.8 Å². The molecule has 13 heteroatoms. The first-order valence-corrected chi connectivity index (χ1v) is 18.9. The zero-order chi connectivity index (χ0) is 38.2. The highest BCUT2D eigenvalue weighted by Gasteiger charge is 2.38. The van der Waals surface area contributed by atoms with E-state index in [1.54, 1.807) is 26.0 Å². The smallest absolute Gasteiger partial charge is 0.408 e. The quantitative estimate of drug-likeness (QED) is 0.169. The molecule has 1 fully saturated rings. The fourth-order valence-electron chi connectivity index (χ4n) is 6.50. The number of halogens is 1. The molecule has 0 unspecified atom stereocenters. The Bertz CT molecular complexity index is 1610. The van der Waals surface area contributed by atoms with Gasteiger partial charge in [-0.2, -0.15) is 0 Å². The van der Waals surface area contributed by atoms with Gasteiger partial charge in [0.2, 0.25) is 11.8 Å². The molecular weight excluding hydrogens is 684 g/mol. The first kappa shape index (κ1) is 40.9. The van der Waals surface area contributed by atoms with E-state index in [-0.39, 0.29) is 36.6 Å². The van der Waals surface area contributed by atoms with Gasteiger partial charge in [-0.15, -0.1) is 11.3 Å². The van der Waals surface area contributed by atoms with Gasteiger partial charge in [0.15, 0.2) is 0 Å². The molecule has 0 saturated carbocycles. The fourth-order valence-corrected chi connectivity index (χ4v) is 7.33. The number of carboxylic acid groups (broad SMARTS) is 1. The molecule has 11 nitrogen and oxygen atoms in total. The number of nitrogens with zero attached hydrogens (tertiary/aromatic N) is 4. The Kier molecular flexibility index (Phi) is 14.3. The third-order valence-corrected chi connectivity index (χ3v) is 10.3. The number of rotatable bonds is 15. The van der Waals surface area contributed by atoms with Gasteiger partial charge in [0, 0.05) is 49.6 Å². The summed E-state index contributed by atoms with van der Waals surface area (Å²) in [7, 11) is 0. The van der Waals surface area contributed by atoms with Crippen LogP contribution < -0.4 is 10.6 Å². The molecule has 0 aliphatic carbocycles. The van der Waals surface area contributed by atoms with Crippen LogP contribution in [-0.4, -0.2) is 104 Å². The molecule has 52 heavy (non-hydrogen) atoms. The molecule has 3 amide bonds. The van der Waals surface area contributed by atoms with Crippen molar-refractivity contribution in [1.82, 2.24) is 30.3 Å². The molecule has 0 radical (unpaired) electrons. The zero-order valence-corrected chi connectivity index (χ0v) is 32.2. The van der Waals surface area contributed by atoms with E-state index in [0.29, 0.717) is 38.3 Å². The molecule has 2 heterocycles. The monoisotopic (exact) mass is 738 g/mol. The van der Waals surface area contributed by atoms with E-state index in [1.807, 2.05) is 75.2 Å². The lowest BCUT2D eigenvalue weighted by Gasteiger charge is -2.43. The molecule has 1 aliphatic heterocycles. The van der Waals surface area contributed by atoms with Crippen molar-refractivity contribution < 1.29 is 29.0 Å². The Hall–Kier alpha value is -3.91. The van der Waals surface area contributed by atoms with Gasteiger partial charge in [0.25, 0.3) is 0 Å². The highest BCUT2D eigenvalue weighted by atomic mass is 32.1.